The SMILES string of the molecule is CC1CC1NC(=O)c1cc(S(N)(=O)=O)c[nH]1. The van der Waals surface area contributed by atoms with Gasteiger partial charge in [-0.2, -0.15) is 0 Å². The van der Waals surface area contributed by atoms with Crippen molar-refractivity contribution < 1.29 is 13.2 Å². The van der Waals surface area contributed by atoms with Gasteiger partial charge in [0.15, 0.2) is 0 Å². The average molecular weight is 243 g/mol. The standard InChI is InChI=1S/C9H13N3O3S/c1-5-2-7(5)12-9(13)8-3-6(4-11-8)16(10,14)15/h3-5,7,11H,2H2,1H3,(H,12,13)(H2,10,14,15). The van der Waals surface area contributed by atoms with Crippen molar-refractivity contribution in [1.82, 2.24) is 10.3 Å². The zero-order chi connectivity index (χ0) is 11.9. The molecule has 1 amide bonds. The molecule has 1 saturated carbocycles. The van der Waals surface area contributed by atoms with Crippen LogP contribution in [-0.4, -0.2) is 25.4 Å². The minimum Gasteiger partial charge on any atom is -0.356 e. The van der Waals surface area contributed by atoms with Crippen molar-refractivity contribution in [3.05, 3.63) is 18.0 Å². The predicted octanol–water partition coefficient (Wildman–Crippen LogP) is -0.200. The Labute approximate surface area is 93.3 Å². The van der Waals surface area contributed by atoms with E-state index in [1.165, 1.54) is 12.3 Å². The zero-order valence-corrected chi connectivity index (χ0v) is 9.54. The van der Waals surface area contributed by atoms with Gasteiger partial charge in [0, 0.05) is 12.2 Å². The van der Waals surface area contributed by atoms with E-state index in [1.807, 2.05) is 6.92 Å². The molecule has 1 aliphatic carbocycles. The van der Waals surface area contributed by atoms with Gasteiger partial charge in [-0.15, -0.1) is 0 Å². The molecule has 1 aromatic rings. The van der Waals surface area contributed by atoms with E-state index < -0.39 is 10.0 Å². The molecule has 4 N–H and O–H groups in total. The molecule has 2 atom stereocenters. The van der Waals surface area contributed by atoms with Crippen LogP contribution in [-0.2, 0) is 10.0 Å². The third kappa shape index (κ3) is 2.25. The van der Waals surface area contributed by atoms with Crippen molar-refractivity contribution >= 4 is 15.9 Å². The van der Waals surface area contributed by atoms with Crippen LogP contribution < -0.4 is 10.5 Å². The van der Waals surface area contributed by atoms with E-state index >= 15 is 0 Å². The molecule has 0 radical (unpaired) electrons. The van der Waals surface area contributed by atoms with Gasteiger partial charge in [-0.05, 0) is 18.4 Å². The number of sulfonamides is 1. The Morgan fingerprint density at radius 3 is 2.69 bits per heavy atom. The van der Waals surface area contributed by atoms with Crippen LogP contribution in [0.15, 0.2) is 17.2 Å². The molecule has 0 aromatic carbocycles. The number of H-pyrrole nitrogens is 1. The summed E-state index contributed by atoms with van der Waals surface area (Å²) in [6.45, 7) is 2.04. The quantitative estimate of drug-likeness (QED) is 0.684. The van der Waals surface area contributed by atoms with Crippen LogP contribution >= 0.6 is 0 Å². The number of aromatic nitrogens is 1. The number of amides is 1. The fraction of sp³-hybridized carbons (Fsp3) is 0.444. The molecule has 88 valence electrons. The van der Waals surface area contributed by atoms with E-state index in [0.29, 0.717) is 5.92 Å². The summed E-state index contributed by atoms with van der Waals surface area (Å²) in [5.74, 6) is 0.195. The first-order chi connectivity index (χ1) is 7.38. The van der Waals surface area contributed by atoms with Crippen LogP contribution in [0.1, 0.15) is 23.8 Å². The van der Waals surface area contributed by atoms with E-state index in [1.54, 1.807) is 0 Å². The molecule has 2 rings (SSSR count). The number of hydrogen-bond donors (Lipinski definition) is 3. The van der Waals surface area contributed by atoms with Gasteiger partial charge in [-0.1, -0.05) is 6.92 Å². The van der Waals surface area contributed by atoms with Gasteiger partial charge in [-0.25, -0.2) is 13.6 Å². The van der Waals surface area contributed by atoms with Crippen molar-refractivity contribution in [1.29, 1.82) is 0 Å². The Hall–Kier alpha value is -1.34. The first-order valence-corrected chi connectivity index (χ1v) is 6.44. The molecule has 1 aliphatic rings. The van der Waals surface area contributed by atoms with Crippen molar-refractivity contribution in [2.45, 2.75) is 24.3 Å². The molecule has 1 fully saturated rings. The van der Waals surface area contributed by atoms with Crippen molar-refractivity contribution in [2.75, 3.05) is 0 Å². The highest BCUT2D eigenvalue weighted by Crippen LogP contribution is 2.29. The van der Waals surface area contributed by atoms with Crippen molar-refractivity contribution in [2.24, 2.45) is 11.1 Å². The van der Waals surface area contributed by atoms with Gasteiger partial charge in [0.25, 0.3) is 5.91 Å². The second-order valence-electron chi connectivity index (χ2n) is 4.09. The van der Waals surface area contributed by atoms with Crippen LogP contribution in [0.25, 0.3) is 0 Å². The predicted molar refractivity (Wildman–Crippen MR) is 57.2 cm³/mol. The number of nitrogens with one attached hydrogen (secondary N) is 2. The van der Waals surface area contributed by atoms with Crippen LogP contribution in [0.3, 0.4) is 0 Å². The lowest BCUT2D eigenvalue weighted by atomic mass is 10.4. The smallest absolute Gasteiger partial charge is 0.267 e. The normalized spacial score (nSPS) is 24.1. The molecule has 1 heterocycles. The lowest BCUT2D eigenvalue weighted by Gasteiger charge is -2.00. The molecule has 0 saturated heterocycles. The summed E-state index contributed by atoms with van der Waals surface area (Å²) in [7, 11) is -3.75. The Morgan fingerprint density at radius 1 is 1.62 bits per heavy atom. The second kappa shape index (κ2) is 3.60. The number of rotatable bonds is 3. The number of primary sulfonamides is 1. The summed E-state index contributed by atoms with van der Waals surface area (Å²) in [5.41, 5.74) is 0.211. The fourth-order valence-corrected chi connectivity index (χ4v) is 1.94. The van der Waals surface area contributed by atoms with Crippen molar-refractivity contribution in [3.8, 4) is 0 Å². The summed E-state index contributed by atoms with van der Waals surface area (Å²) in [6.07, 6.45) is 2.18. The summed E-state index contributed by atoms with van der Waals surface area (Å²) in [4.78, 5) is 14.1. The number of carbonyl (C=O) groups is 1. The van der Waals surface area contributed by atoms with E-state index in [0.717, 1.165) is 6.42 Å². The molecule has 6 nitrogen and oxygen atoms in total. The zero-order valence-electron chi connectivity index (χ0n) is 8.73. The largest absolute Gasteiger partial charge is 0.356 e. The van der Waals surface area contributed by atoms with Crippen LogP contribution in [0.5, 0.6) is 0 Å². The van der Waals surface area contributed by atoms with Crippen molar-refractivity contribution in [3.63, 3.8) is 0 Å². The highest BCUT2D eigenvalue weighted by molar-refractivity contribution is 7.89. The Morgan fingerprint density at radius 2 is 2.25 bits per heavy atom. The molecule has 0 bridgehead atoms. The highest BCUT2D eigenvalue weighted by atomic mass is 32.2. The second-order valence-corrected chi connectivity index (χ2v) is 5.65. The first kappa shape index (κ1) is 11.2. The number of carbonyl (C=O) groups excluding carboxylic acids is 1. The van der Waals surface area contributed by atoms with E-state index in [2.05, 4.69) is 10.3 Å². The van der Waals surface area contributed by atoms with Crippen LogP contribution in [0.2, 0.25) is 0 Å². The molecule has 0 aliphatic heterocycles. The molecule has 7 heteroatoms. The van der Waals surface area contributed by atoms with Gasteiger partial charge in [0.1, 0.15) is 5.69 Å². The maximum absolute atomic E-state index is 11.6. The van der Waals surface area contributed by atoms with Gasteiger partial charge < -0.3 is 10.3 Å². The van der Waals surface area contributed by atoms with Crippen LogP contribution in [0, 0.1) is 5.92 Å². The third-order valence-electron chi connectivity index (χ3n) is 2.66. The fourth-order valence-electron chi connectivity index (χ4n) is 1.44. The number of nitrogens with two attached hydrogens (primary N) is 1. The summed E-state index contributed by atoms with van der Waals surface area (Å²) in [6, 6.07) is 1.44. The molecular formula is C9H13N3O3S. The summed E-state index contributed by atoms with van der Waals surface area (Å²) >= 11 is 0. The minimum atomic E-state index is -3.75. The van der Waals surface area contributed by atoms with Gasteiger partial charge >= 0.3 is 0 Å². The molecule has 1 aromatic heterocycles. The number of aromatic amines is 1. The van der Waals surface area contributed by atoms with Gasteiger partial charge in [0.2, 0.25) is 10.0 Å². The lowest BCUT2D eigenvalue weighted by Crippen LogP contribution is -2.26. The number of hydrogen-bond acceptors (Lipinski definition) is 3. The third-order valence-corrected chi connectivity index (χ3v) is 3.55. The first-order valence-electron chi connectivity index (χ1n) is 4.90. The molecular weight excluding hydrogens is 230 g/mol. The van der Waals surface area contributed by atoms with E-state index in [-0.39, 0.29) is 22.5 Å². The highest BCUT2D eigenvalue weighted by Gasteiger charge is 2.34. The summed E-state index contributed by atoms with van der Waals surface area (Å²) in [5, 5.41) is 7.71. The topological polar surface area (TPSA) is 105 Å². The minimum absolute atomic E-state index is 0.0819. The average Bonchev–Trinajstić information content (AvgIpc) is 2.70. The van der Waals surface area contributed by atoms with E-state index in [4.69, 9.17) is 5.14 Å². The Bertz CT molecular complexity index is 520. The Kier molecular flexibility index (Phi) is 2.51. The molecule has 2 unspecified atom stereocenters. The maximum Gasteiger partial charge on any atom is 0.267 e. The van der Waals surface area contributed by atoms with Crippen LogP contribution in [0.4, 0.5) is 0 Å². The molecule has 0 spiro atoms. The maximum atomic E-state index is 11.6. The lowest BCUT2D eigenvalue weighted by molar-refractivity contribution is 0.0945. The van der Waals surface area contributed by atoms with E-state index in [9.17, 15) is 13.2 Å². The summed E-state index contributed by atoms with van der Waals surface area (Å²) < 4.78 is 22.0. The van der Waals surface area contributed by atoms with Gasteiger partial charge in [-0.3, -0.25) is 4.79 Å². The Balaban J connectivity index is 2.10. The van der Waals surface area contributed by atoms with Gasteiger partial charge in [0.05, 0.1) is 4.90 Å². The molecule has 16 heavy (non-hydrogen) atoms. The monoisotopic (exact) mass is 243 g/mol.